The molecule has 0 aliphatic heterocycles. The SMILES string of the molecule is CS(=O)(=O)c1cc(Cl)ccc1C(=O)c1cnoc1C1CC1.Cc1nn(-c2cc(NS(C)(=O)=O)c(Cl)cc2Cl)c(=O)n1C(F)F. The van der Waals surface area contributed by atoms with E-state index in [9.17, 15) is 35.2 Å². The molecule has 1 aliphatic carbocycles. The average Bonchev–Trinajstić information content (AvgIpc) is 3.54. The van der Waals surface area contributed by atoms with Crippen molar-refractivity contribution in [2.24, 2.45) is 0 Å². The molecule has 2 heterocycles. The Labute approximate surface area is 264 Å². The maximum Gasteiger partial charge on any atom is 0.355 e. The Morgan fingerprint density at radius 1 is 1.05 bits per heavy atom. The van der Waals surface area contributed by atoms with Crippen molar-refractivity contribution in [1.29, 1.82) is 0 Å². The number of nitrogens with zero attached hydrogens (tertiary/aromatic N) is 4. The molecular formula is C25H22Cl3F2N5O7S2. The summed E-state index contributed by atoms with van der Waals surface area (Å²) in [5, 5.41) is 7.56. The molecule has 1 N–H and O–H groups in total. The lowest BCUT2D eigenvalue weighted by atomic mass is 10.0. The summed E-state index contributed by atoms with van der Waals surface area (Å²) >= 11 is 17.7. The van der Waals surface area contributed by atoms with E-state index in [1.807, 2.05) is 0 Å². The van der Waals surface area contributed by atoms with Gasteiger partial charge >= 0.3 is 12.2 Å². The van der Waals surface area contributed by atoms with Crippen molar-refractivity contribution in [2.75, 3.05) is 17.2 Å². The maximum absolute atomic E-state index is 12.8. The molecule has 44 heavy (non-hydrogen) atoms. The van der Waals surface area contributed by atoms with Gasteiger partial charge < -0.3 is 4.52 Å². The quantitative estimate of drug-likeness (QED) is 0.240. The molecule has 0 radical (unpaired) electrons. The summed E-state index contributed by atoms with van der Waals surface area (Å²) in [5.74, 6) is 0.110. The summed E-state index contributed by atoms with van der Waals surface area (Å²) in [6.07, 6.45) is 5.20. The zero-order chi connectivity index (χ0) is 32.7. The van der Waals surface area contributed by atoms with E-state index in [0.717, 1.165) is 31.4 Å². The minimum Gasteiger partial charge on any atom is -0.360 e. The lowest BCUT2D eigenvalue weighted by Crippen LogP contribution is -2.25. The first-order valence-corrected chi connectivity index (χ1v) is 17.2. The van der Waals surface area contributed by atoms with Crippen LogP contribution in [0.3, 0.4) is 0 Å². The predicted molar refractivity (Wildman–Crippen MR) is 159 cm³/mol. The number of aryl methyl sites for hydroxylation is 1. The molecule has 0 atom stereocenters. The number of ketones is 1. The number of halogens is 5. The van der Waals surface area contributed by atoms with Gasteiger partial charge in [0.25, 0.3) is 0 Å². The van der Waals surface area contributed by atoms with Crippen molar-refractivity contribution >= 4 is 66.1 Å². The zero-order valence-electron chi connectivity index (χ0n) is 22.9. The second-order valence-corrected chi connectivity index (χ2v) is 14.7. The fourth-order valence-corrected chi connectivity index (χ4v) is 6.30. The molecular weight excluding hydrogens is 691 g/mol. The average molecular weight is 713 g/mol. The number of rotatable bonds is 8. The summed E-state index contributed by atoms with van der Waals surface area (Å²) in [7, 11) is -7.21. The Bertz CT molecular complexity index is 2040. The molecule has 2 aromatic carbocycles. The van der Waals surface area contributed by atoms with Gasteiger partial charge in [-0.2, -0.15) is 13.5 Å². The Morgan fingerprint density at radius 2 is 1.70 bits per heavy atom. The number of sulfone groups is 1. The molecule has 1 saturated carbocycles. The first kappa shape index (κ1) is 33.6. The Hall–Kier alpha value is -3.31. The molecule has 2 aromatic heterocycles. The minimum absolute atomic E-state index is 0.0257. The third-order valence-corrected chi connectivity index (χ3v) is 8.69. The molecule has 236 valence electrons. The Kier molecular flexibility index (Phi) is 9.61. The summed E-state index contributed by atoms with van der Waals surface area (Å²) in [6.45, 7) is -1.85. The molecule has 0 spiro atoms. The van der Waals surface area contributed by atoms with Crippen molar-refractivity contribution in [2.45, 2.75) is 37.1 Å². The summed E-state index contributed by atoms with van der Waals surface area (Å²) in [5.41, 5.74) is -0.858. The number of carbonyl (C=O) groups excluding carboxylic acids is 1. The van der Waals surface area contributed by atoms with Crippen molar-refractivity contribution in [3.63, 3.8) is 0 Å². The topological polar surface area (TPSA) is 163 Å². The van der Waals surface area contributed by atoms with Gasteiger partial charge in [0.05, 0.1) is 44.3 Å². The van der Waals surface area contributed by atoms with Crippen LogP contribution in [-0.4, -0.2) is 54.6 Å². The van der Waals surface area contributed by atoms with Gasteiger partial charge in [0.15, 0.2) is 21.4 Å². The van der Waals surface area contributed by atoms with E-state index in [1.165, 1.54) is 37.4 Å². The van der Waals surface area contributed by atoms with Crippen molar-refractivity contribution in [3.8, 4) is 5.69 Å². The number of alkyl halides is 2. The third-order valence-electron chi connectivity index (χ3n) is 6.11. The largest absolute Gasteiger partial charge is 0.360 e. The fourth-order valence-electron chi connectivity index (χ4n) is 4.03. The van der Waals surface area contributed by atoms with Crippen LogP contribution in [0.15, 0.2) is 50.7 Å². The number of anilines is 1. The van der Waals surface area contributed by atoms with Crippen LogP contribution >= 0.6 is 34.8 Å². The highest BCUT2D eigenvalue weighted by atomic mass is 35.5. The molecule has 0 amide bonds. The second kappa shape index (κ2) is 12.6. The van der Waals surface area contributed by atoms with E-state index < -0.39 is 37.9 Å². The second-order valence-electron chi connectivity index (χ2n) is 9.67. The highest BCUT2D eigenvalue weighted by molar-refractivity contribution is 7.92. The van der Waals surface area contributed by atoms with Gasteiger partial charge in [-0.05, 0) is 50.1 Å². The molecule has 0 unspecified atom stereocenters. The van der Waals surface area contributed by atoms with Gasteiger partial charge in [-0.25, -0.2) is 26.2 Å². The molecule has 1 fully saturated rings. The highest BCUT2D eigenvalue weighted by Crippen LogP contribution is 2.42. The van der Waals surface area contributed by atoms with Gasteiger partial charge in [0, 0.05) is 22.8 Å². The van der Waals surface area contributed by atoms with Crippen LogP contribution < -0.4 is 10.4 Å². The smallest absolute Gasteiger partial charge is 0.355 e. The number of hydrogen-bond donors (Lipinski definition) is 1. The van der Waals surface area contributed by atoms with Crippen molar-refractivity contribution < 1.29 is 34.9 Å². The van der Waals surface area contributed by atoms with Crippen LogP contribution in [0.5, 0.6) is 0 Å². The van der Waals surface area contributed by atoms with E-state index in [-0.39, 0.29) is 53.2 Å². The predicted octanol–water partition coefficient (Wildman–Crippen LogP) is 5.26. The first-order chi connectivity index (χ1) is 20.4. The zero-order valence-corrected chi connectivity index (χ0v) is 26.8. The molecule has 4 aromatic rings. The van der Waals surface area contributed by atoms with E-state index >= 15 is 0 Å². The standard InChI is InChI=1S/C14H12ClNO4S.C11H10Cl2F2N4O3S/c1-21(18,19)12-6-9(15)4-5-10(12)13(17)11-7-16-20-14(11)8-2-3-8;1-5-16-19(11(20)18(5)10(14)15)9-4-8(17-23(2,21)22)6(12)3-7(9)13/h4-8H,2-3H2,1H3;3-4,10,17H,1-2H3. The van der Waals surface area contributed by atoms with Crippen LogP contribution in [0.25, 0.3) is 5.69 Å². The normalized spacial score (nSPS) is 13.5. The molecule has 12 nitrogen and oxygen atoms in total. The van der Waals surface area contributed by atoms with Gasteiger partial charge in [-0.1, -0.05) is 40.0 Å². The van der Waals surface area contributed by atoms with Gasteiger partial charge in [0.2, 0.25) is 10.0 Å². The third kappa shape index (κ3) is 7.48. The van der Waals surface area contributed by atoms with Crippen LogP contribution in [-0.2, 0) is 19.9 Å². The van der Waals surface area contributed by atoms with Crippen LogP contribution in [0.1, 0.15) is 52.8 Å². The molecule has 0 bridgehead atoms. The van der Waals surface area contributed by atoms with Crippen molar-refractivity contribution in [1.82, 2.24) is 19.5 Å². The minimum atomic E-state index is -3.65. The molecule has 1 aliphatic rings. The molecule has 5 rings (SSSR count). The summed E-state index contributed by atoms with van der Waals surface area (Å²) in [6, 6.07) is 6.51. The Balaban J connectivity index is 0.000000201. The maximum atomic E-state index is 12.8. The number of sulfonamides is 1. The molecule has 0 saturated heterocycles. The van der Waals surface area contributed by atoms with E-state index in [4.69, 9.17) is 39.3 Å². The fraction of sp³-hybridized carbons (Fsp3) is 0.280. The number of aromatic nitrogens is 4. The molecule has 19 heteroatoms. The number of nitrogens with one attached hydrogen (secondary N) is 1. The Morgan fingerprint density at radius 3 is 2.25 bits per heavy atom. The lowest BCUT2D eigenvalue weighted by molar-refractivity contribution is 0.0640. The summed E-state index contributed by atoms with van der Waals surface area (Å²) in [4.78, 5) is 24.6. The van der Waals surface area contributed by atoms with Gasteiger partial charge in [-0.3, -0.25) is 9.52 Å². The first-order valence-electron chi connectivity index (χ1n) is 12.3. The number of hydrogen-bond acceptors (Lipinski definition) is 9. The highest BCUT2D eigenvalue weighted by Gasteiger charge is 2.34. The monoisotopic (exact) mass is 711 g/mol. The van der Waals surface area contributed by atoms with Gasteiger partial charge in [0.1, 0.15) is 5.82 Å². The summed E-state index contributed by atoms with van der Waals surface area (Å²) < 4.78 is 80.1. The van der Waals surface area contributed by atoms with Gasteiger partial charge in [-0.15, -0.1) is 5.10 Å². The van der Waals surface area contributed by atoms with Crippen LogP contribution in [0, 0.1) is 6.92 Å². The van der Waals surface area contributed by atoms with E-state index in [1.54, 1.807) is 0 Å². The number of benzene rings is 2. The lowest BCUT2D eigenvalue weighted by Gasteiger charge is -2.10. The van der Waals surface area contributed by atoms with E-state index in [0.29, 0.717) is 16.0 Å². The van der Waals surface area contributed by atoms with Crippen LogP contribution in [0.2, 0.25) is 15.1 Å². The van der Waals surface area contributed by atoms with E-state index in [2.05, 4.69) is 15.0 Å². The van der Waals surface area contributed by atoms with Crippen molar-refractivity contribution in [3.05, 3.63) is 84.8 Å². The number of carbonyl (C=O) groups is 1. The van der Waals surface area contributed by atoms with Crippen LogP contribution in [0.4, 0.5) is 14.5 Å².